The Balaban J connectivity index is 2.26. The number of nitriles is 1. The SMILES string of the molecule is CC1(C)CCCC(O)(C2(C#N)CCCOC2)C1. The smallest absolute Gasteiger partial charge is 0.109 e. The summed E-state index contributed by atoms with van der Waals surface area (Å²) < 4.78 is 5.48. The molecule has 2 aliphatic rings. The molecule has 96 valence electrons. The van der Waals surface area contributed by atoms with Crippen molar-refractivity contribution < 1.29 is 9.84 Å². The first-order valence-electron chi connectivity index (χ1n) is 6.65. The lowest BCUT2D eigenvalue weighted by molar-refractivity contribution is -0.154. The van der Waals surface area contributed by atoms with Gasteiger partial charge in [-0.3, -0.25) is 0 Å². The number of nitrogens with zero attached hydrogens (tertiary/aromatic N) is 1. The summed E-state index contributed by atoms with van der Waals surface area (Å²) in [5, 5.41) is 20.5. The Bertz CT molecular complexity index is 326. The number of hydrogen-bond acceptors (Lipinski definition) is 3. The molecule has 0 aromatic carbocycles. The maximum Gasteiger partial charge on any atom is 0.109 e. The van der Waals surface area contributed by atoms with Crippen molar-refractivity contribution in [1.29, 1.82) is 5.26 Å². The molecule has 0 bridgehead atoms. The third-order valence-corrected chi connectivity index (χ3v) is 4.56. The number of aliphatic hydroxyl groups is 1. The number of rotatable bonds is 1. The molecule has 0 spiro atoms. The molecule has 3 nitrogen and oxygen atoms in total. The highest BCUT2D eigenvalue weighted by Crippen LogP contribution is 2.51. The van der Waals surface area contributed by atoms with Crippen LogP contribution in [0.2, 0.25) is 0 Å². The average molecular weight is 237 g/mol. The lowest BCUT2D eigenvalue weighted by Crippen LogP contribution is -2.55. The van der Waals surface area contributed by atoms with Gasteiger partial charge in [0.05, 0.1) is 18.3 Å². The van der Waals surface area contributed by atoms with Crippen LogP contribution >= 0.6 is 0 Å². The largest absolute Gasteiger partial charge is 0.388 e. The van der Waals surface area contributed by atoms with Crippen LogP contribution in [0.25, 0.3) is 0 Å². The number of ether oxygens (including phenoxy) is 1. The van der Waals surface area contributed by atoms with Crippen molar-refractivity contribution in [2.45, 2.75) is 58.0 Å². The molecule has 2 fully saturated rings. The van der Waals surface area contributed by atoms with Gasteiger partial charge in [-0.25, -0.2) is 0 Å². The second-order valence-corrected chi connectivity index (χ2v) is 6.58. The van der Waals surface area contributed by atoms with E-state index in [2.05, 4.69) is 19.9 Å². The van der Waals surface area contributed by atoms with Crippen molar-refractivity contribution in [2.75, 3.05) is 13.2 Å². The third-order valence-electron chi connectivity index (χ3n) is 4.56. The van der Waals surface area contributed by atoms with Crippen LogP contribution in [-0.2, 0) is 4.74 Å². The molecule has 1 aliphatic carbocycles. The molecule has 1 saturated heterocycles. The van der Waals surface area contributed by atoms with E-state index in [0.29, 0.717) is 6.61 Å². The van der Waals surface area contributed by atoms with Crippen molar-refractivity contribution in [3.05, 3.63) is 0 Å². The van der Waals surface area contributed by atoms with Gasteiger partial charge in [0, 0.05) is 6.61 Å². The molecule has 1 N–H and O–H groups in total. The highest BCUT2D eigenvalue weighted by atomic mass is 16.5. The van der Waals surface area contributed by atoms with Crippen molar-refractivity contribution in [3.8, 4) is 6.07 Å². The van der Waals surface area contributed by atoms with Gasteiger partial charge in [-0.1, -0.05) is 13.8 Å². The maximum atomic E-state index is 11.0. The fourth-order valence-corrected chi connectivity index (χ4v) is 3.59. The van der Waals surface area contributed by atoms with Crippen molar-refractivity contribution >= 4 is 0 Å². The van der Waals surface area contributed by atoms with E-state index in [-0.39, 0.29) is 5.41 Å². The van der Waals surface area contributed by atoms with E-state index in [1.165, 1.54) is 0 Å². The van der Waals surface area contributed by atoms with E-state index in [1.807, 2.05) is 0 Å². The highest BCUT2D eigenvalue weighted by Gasteiger charge is 2.55. The van der Waals surface area contributed by atoms with Gasteiger partial charge in [-0.05, 0) is 43.9 Å². The van der Waals surface area contributed by atoms with Crippen molar-refractivity contribution in [1.82, 2.24) is 0 Å². The van der Waals surface area contributed by atoms with Gasteiger partial charge in [0.2, 0.25) is 0 Å². The summed E-state index contributed by atoms with van der Waals surface area (Å²) in [4.78, 5) is 0. The summed E-state index contributed by atoms with van der Waals surface area (Å²) in [6.07, 6.45) is 5.27. The fraction of sp³-hybridized carbons (Fsp3) is 0.929. The Labute approximate surface area is 104 Å². The zero-order valence-corrected chi connectivity index (χ0v) is 11.0. The molecule has 3 heteroatoms. The number of hydrogen-bond donors (Lipinski definition) is 1. The molecule has 0 aromatic rings. The van der Waals surface area contributed by atoms with Crippen LogP contribution in [0.4, 0.5) is 0 Å². The molecule has 1 saturated carbocycles. The Kier molecular flexibility index (Phi) is 3.22. The summed E-state index contributed by atoms with van der Waals surface area (Å²) in [7, 11) is 0. The summed E-state index contributed by atoms with van der Waals surface area (Å²) in [6.45, 7) is 5.50. The average Bonchev–Trinajstić information content (AvgIpc) is 2.28. The maximum absolute atomic E-state index is 11.0. The van der Waals surface area contributed by atoms with E-state index < -0.39 is 11.0 Å². The molecular formula is C14H23NO2. The molecule has 1 heterocycles. The Morgan fingerprint density at radius 1 is 1.18 bits per heavy atom. The Morgan fingerprint density at radius 3 is 2.47 bits per heavy atom. The zero-order valence-electron chi connectivity index (χ0n) is 11.0. The molecule has 0 radical (unpaired) electrons. The highest BCUT2D eigenvalue weighted by molar-refractivity contribution is 5.14. The summed E-state index contributed by atoms with van der Waals surface area (Å²) in [5.41, 5.74) is -1.40. The minimum atomic E-state index is -0.857. The monoisotopic (exact) mass is 237 g/mol. The zero-order chi connectivity index (χ0) is 12.6. The first-order valence-corrected chi connectivity index (χ1v) is 6.65. The normalized spacial score (nSPS) is 41.8. The first kappa shape index (κ1) is 12.9. The van der Waals surface area contributed by atoms with Gasteiger partial charge < -0.3 is 9.84 Å². The molecule has 2 atom stereocenters. The quantitative estimate of drug-likeness (QED) is 0.762. The second kappa shape index (κ2) is 4.26. The molecule has 1 aliphatic heterocycles. The first-order chi connectivity index (χ1) is 7.93. The Hall–Kier alpha value is -0.590. The third kappa shape index (κ3) is 2.21. The standard InChI is InChI=1S/C14H23NO2/c1-12(2)5-3-7-14(16,9-12)13(10-15)6-4-8-17-11-13/h16H,3-9,11H2,1-2H3. The van der Waals surface area contributed by atoms with E-state index in [1.54, 1.807) is 0 Å². The second-order valence-electron chi connectivity index (χ2n) is 6.58. The minimum absolute atomic E-state index is 0.133. The van der Waals surface area contributed by atoms with Gasteiger partial charge in [0.25, 0.3) is 0 Å². The molecule has 0 aromatic heterocycles. The topological polar surface area (TPSA) is 53.2 Å². The van der Waals surface area contributed by atoms with E-state index in [0.717, 1.165) is 45.1 Å². The molecule has 2 unspecified atom stereocenters. The summed E-state index contributed by atoms with van der Waals surface area (Å²) in [5.74, 6) is 0. The van der Waals surface area contributed by atoms with Crippen molar-refractivity contribution in [2.24, 2.45) is 10.8 Å². The fourth-order valence-electron chi connectivity index (χ4n) is 3.59. The predicted octanol–water partition coefficient (Wildman–Crippen LogP) is 2.64. The lowest BCUT2D eigenvalue weighted by Gasteiger charge is -2.51. The van der Waals surface area contributed by atoms with Crippen LogP contribution in [0.15, 0.2) is 0 Å². The van der Waals surface area contributed by atoms with Crippen molar-refractivity contribution in [3.63, 3.8) is 0 Å². The van der Waals surface area contributed by atoms with Gasteiger partial charge in [-0.2, -0.15) is 5.26 Å². The van der Waals surface area contributed by atoms with Gasteiger partial charge in [0.1, 0.15) is 5.41 Å². The van der Waals surface area contributed by atoms with E-state index in [4.69, 9.17) is 4.74 Å². The molecule has 0 amide bonds. The van der Waals surface area contributed by atoms with Crippen LogP contribution in [-0.4, -0.2) is 23.9 Å². The molecule has 17 heavy (non-hydrogen) atoms. The van der Waals surface area contributed by atoms with Crippen LogP contribution < -0.4 is 0 Å². The van der Waals surface area contributed by atoms with Gasteiger partial charge in [0.15, 0.2) is 0 Å². The van der Waals surface area contributed by atoms with E-state index >= 15 is 0 Å². The van der Waals surface area contributed by atoms with Crippen LogP contribution in [0, 0.1) is 22.2 Å². The van der Waals surface area contributed by atoms with Crippen LogP contribution in [0.3, 0.4) is 0 Å². The van der Waals surface area contributed by atoms with Gasteiger partial charge in [-0.15, -0.1) is 0 Å². The van der Waals surface area contributed by atoms with Crippen LogP contribution in [0.5, 0.6) is 0 Å². The van der Waals surface area contributed by atoms with Crippen LogP contribution in [0.1, 0.15) is 52.4 Å². The minimum Gasteiger partial charge on any atom is -0.388 e. The molecular weight excluding hydrogens is 214 g/mol. The molecule has 2 rings (SSSR count). The summed E-state index contributed by atoms with van der Waals surface area (Å²) >= 11 is 0. The van der Waals surface area contributed by atoms with E-state index in [9.17, 15) is 10.4 Å². The predicted molar refractivity (Wildman–Crippen MR) is 65.3 cm³/mol. The lowest BCUT2D eigenvalue weighted by atomic mass is 9.58. The van der Waals surface area contributed by atoms with Gasteiger partial charge >= 0.3 is 0 Å². The Morgan fingerprint density at radius 2 is 1.94 bits per heavy atom. The summed E-state index contributed by atoms with van der Waals surface area (Å²) in [6, 6.07) is 2.39.